The van der Waals surface area contributed by atoms with Crippen LogP contribution in [0.5, 0.6) is 5.75 Å². The Morgan fingerprint density at radius 1 is 1.14 bits per heavy atom. The van der Waals surface area contributed by atoms with Gasteiger partial charge in [-0.15, -0.1) is 0 Å². The number of β-amino-alcohol motifs (C(OH)–C–C–N with tert-alkyl or cyclic N) is 1. The molecule has 1 unspecified atom stereocenters. The van der Waals surface area contributed by atoms with E-state index in [9.17, 15) is 13.9 Å². The van der Waals surface area contributed by atoms with E-state index in [4.69, 9.17) is 9.47 Å². The number of aliphatic hydroxyl groups is 1. The standard InChI is InChI=1S/C22H33F2NO3/c1-21(2,3)16-4-6-19(7-5-16)25-8-9-27-14-22(26,13-25)15-28-20-11-17(23)10-18(24)12-20/h10-12,16,19,26H,4-9,13-15H2,1-3H3. The van der Waals surface area contributed by atoms with E-state index in [1.54, 1.807) is 0 Å². The van der Waals surface area contributed by atoms with Crippen molar-refractivity contribution in [2.45, 2.75) is 58.1 Å². The maximum Gasteiger partial charge on any atom is 0.134 e. The van der Waals surface area contributed by atoms with Gasteiger partial charge in [-0.1, -0.05) is 20.8 Å². The van der Waals surface area contributed by atoms with Crippen molar-refractivity contribution in [3.8, 4) is 5.75 Å². The lowest BCUT2D eigenvalue weighted by Gasteiger charge is -2.42. The molecule has 0 spiro atoms. The highest BCUT2D eigenvalue weighted by Gasteiger charge is 2.38. The molecule has 0 aromatic heterocycles. The van der Waals surface area contributed by atoms with Gasteiger partial charge >= 0.3 is 0 Å². The zero-order valence-electron chi connectivity index (χ0n) is 17.2. The lowest BCUT2D eigenvalue weighted by molar-refractivity contribution is -0.0692. The molecule has 0 radical (unpaired) electrons. The maximum atomic E-state index is 13.4. The smallest absolute Gasteiger partial charge is 0.134 e. The average Bonchev–Trinajstić information content (AvgIpc) is 2.81. The van der Waals surface area contributed by atoms with Crippen LogP contribution in [-0.4, -0.2) is 54.6 Å². The number of nitrogens with zero attached hydrogens (tertiary/aromatic N) is 1. The topological polar surface area (TPSA) is 41.9 Å². The van der Waals surface area contributed by atoms with Gasteiger partial charge in [-0.05, 0) is 37.0 Å². The summed E-state index contributed by atoms with van der Waals surface area (Å²) in [5.41, 5.74) is -0.873. The fraction of sp³-hybridized carbons (Fsp3) is 0.727. The summed E-state index contributed by atoms with van der Waals surface area (Å²) in [4.78, 5) is 2.31. The first-order chi connectivity index (χ1) is 13.1. The van der Waals surface area contributed by atoms with E-state index in [0.29, 0.717) is 24.6 Å². The van der Waals surface area contributed by atoms with Crippen LogP contribution in [0.1, 0.15) is 46.5 Å². The monoisotopic (exact) mass is 397 g/mol. The Morgan fingerprint density at radius 2 is 1.79 bits per heavy atom. The second-order valence-electron chi connectivity index (χ2n) is 9.51. The van der Waals surface area contributed by atoms with Gasteiger partial charge in [-0.3, -0.25) is 4.90 Å². The molecule has 1 aliphatic heterocycles. The SMILES string of the molecule is CC(C)(C)C1CCC(N2CCOCC(O)(COc3cc(F)cc(F)c3)C2)CC1. The molecule has 1 aromatic rings. The lowest BCUT2D eigenvalue weighted by atomic mass is 9.71. The van der Waals surface area contributed by atoms with Crippen molar-refractivity contribution in [3.63, 3.8) is 0 Å². The fourth-order valence-electron chi connectivity index (χ4n) is 4.48. The first kappa shape index (κ1) is 21.5. The Hall–Kier alpha value is -1.24. The molecule has 0 bridgehead atoms. The van der Waals surface area contributed by atoms with Crippen LogP contribution >= 0.6 is 0 Å². The van der Waals surface area contributed by atoms with E-state index >= 15 is 0 Å². The molecule has 28 heavy (non-hydrogen) atoms. The Balaban J connectivity index is 1.59. The predicted octanol–water partition coefficient (Wildman–Crippen LogP) is 4.01. The summed E-state index contributed by atoms with van der Waals surface area (Å²) >= 11 is 0. The number of benzene rings is 1. The van der Waals surface area contributed by atoms with Gasteiger partial charge in [0.2, 0.25) is 0 Å². The average molecular weight is 398 g/mol. The van der Waals surface area contributed by atoms with Crippen LogP contribution in [-0.2, 0) is 4.74 Å². The van der Waals surface area contributed by atoms with E-state index in [0.717, 1.165) is 43.5 Å². The number of ether oxygens (including phenoxy) is 2. The molecule has 158 valence electrons. The van der Waals surface area contributed by atoms with E-state index < -0.39 is 17.2 Å². The summed E-state index contributed by atoms with van der Waals surface area (Å²) < 4.78 is 37.9. The highest BCUT2D eigenvalue weighted by atomic mass is 19.1. The van der Waals surface area contributed by atoms with Gasteiger partial charge in [0.25, 0.3) is 0 Å². The van der Waals surface area contributed by atoms with Gasteiger partial charge in [0.1, 0.15) is 29.6 Å². The van der Waals surface area contributed by atoms with Crippen LogP contribution < -0.4 is 4.74 Å². The van der Waals surface area contributed by atoms with Crippen molar-refractivity contribution in [1.82, 2.24) is 4.90 Å². The molecule has 3 rings (SSSR count). The molecule has 2 aliphatic rings. The molecule has 1 N–H and O–H groups in total. The summed E-state index contributed by atoms with van der Waals surface area (Å²) in [6, 6.07) is 3.47. The molecule has 1 atom stereocenters. The van der Waals surface area contributed by atoms with Gasteiger partial charge in [0, 0.05) is 37.3 Å². The second-order valence-corrected chi connectivity index (χ2v) is 9.51. The first-order valence-electron chi connectivity index (χ1n) is 10.3. The van der Waals surface area contributed by atoms with Gasteiger partial charge in [0.15, 0.2) is 0 Å². The molecule has 4 nitrogen and oxygen atoms in total. The molecule has 1 saturated heterocycles. The minimum atomic E-state index is -1.21. The van der Waals surface area contributed by atoms with Crippen LogP contribution in [0.25, 0.3) is 0 Å². The van der Waals surface area contributed by atoms with Crippen LogP contribution in [0.15, 0.2) is 18.2 Å². The van der Waals surface area contributed by atoms with Crippen molar-refractivity contribution in [2.24, 2.45) is 11.3 Å². The number of halogens is 2. The summed E-state index contributed by atoms with van der Waals surface area (Å²) in [5.74, 6) is -0.586. The largest absolute Gasteiger partial charge is 0.490 e. The maximum absolute atomic E-state index is 13.4. The summed E-state index contributed by atoms with van der Waals surface area (Å²) in [5, 5.41) is 11.1. The Bertz CT molecular complexity index is 635. The van der Waals surface area contributed by atoms with Gasteiger partial charge in [0.05, 0.1) is 13.2 Å². The third-order valence-electron chi connectivity index (χ3n) is 6.17. The highest BCUT2D eigenvalue weighted by molar-refractivity contribution is 5.24. The fourth-order valence-corrected chi connectivity index (χ4v) is 4.48. The normalized spacial score (nSPS) is 30.1. The van der Waals surface area contributed by atoms with Crippen molar-refractivity contribution in [3.05, 3.63) is 29.8 Å². The van der Waals surface area contributed by atoms with E-state index in [-0.39, 0.29) is 19.0 Å². The van der Waals surface area contributed by atoms with Gasteiger partial charge in [-0.25, -0.2) is 8.78 Å². The van der Waals surface area contributed by atoms with Gasteiger partial charge < -0.3 is 14.6 Å². The third-order valence-corrected chi connectivity index (χ3v) is 6.17. The lowest BCUT2D eigenvalue weighted by Crippen LogP contribution is -2.52. The Labute approximate surface area is 166 Å². The van der Waals surface area contributed by atoms with Crippen molar-refractivity contribution in [1.29, 1.82) is 0 Å². The van der Waals surface area contributed by atoms with E-state index in [1.807, 2.05) is 0 Å². The van der Waals surface area contributed by atoms with Crippen molar-refractivity contribution < 1.29 is 23.4 Å². The zero-order chi connectivity index (χ0) is 20.4. The summed E-state index contributed by atoms with van der Waals surface area (Å²) in [7, 11) is 0. The molecule has 2 fully saturated rings. The van der Waals surface area contributed by atoms with Crippen LogP contribution in [0.4, 0.5) is 8.78 Å². The number of rotatable bonds is 4. The number of hydrogen-bond donors (Lipinski definition) is 1. The van der Waals surface area contributed by atoms with Crippen LogP contribution in [0.3, 0.4) is 0 Å². The predicted molar refractivity (Wildman–Crippen MR) is 104 cm³/mol. The quantitative estimate of drug-likeness (QED) is 0.834. The van der Waals surface area contributed by atoms with Crippen molar-refractivity contribution in [2.75, 3.05) is 32.9 Å². The minimum Gasteiger partial charge on any atom is -0.490 e. The van der Waals surface area contributed by atoms with E-state index in [1.165, 1.54) is 12.8 Å². The highest BCUT2D eigenvalue weighted by Crippen LogP contribution is 2.39. The van der Waals surface area contributed by atoms with E-state index in [2.05, 4.69) is 25.7 Å². The molecule has 1 saturated carbocycles. The Morgan fingerprint density at radius 3 is 2.39 bits per heavy atom. The summed E-state index contributed by atoms with van der Waals surface area (Å²) in [6.45, 7) is 8.80. The molecule has 0 amide bonds. The van der Waals surface area contributed by atoms with Crippen LogP contribution in [0, 0.1) is 23.0 Å². The Kier molecular flexibility index (Phi) is 6.62. The third kappa shape index (κ3) is 5.65. The molecule has 6 heteroatoms. The minimum absolute atomic E-state index is 0.0657. The molecule has 1 aliphatic carbocycles. The number of hydrogen-bond acceptors (Lipinski definition) is 4. The second kappa shape index (κ2) is 8.64. The molecule has 1 heterocycles. The van der Waals surface area contributed by atoms with Crippen LogP contribution in [0.2, 0.25) is 0 Å². The summed E-state index contributed by atoms with van der Waals surface area (Å²) in [6.07, 6.45) is 4.63. The van der Waals surface area contributed by atoms with Crippen molar-refractivity contribution >= 4 is 0 Å². The molecular formula is C22H33F2NO3. The zero-order valence-corrected chi connectivity index (χ0v) is 17.2. The molecule has 1 aromatic carbocycles. The molecular weight excluding hydrogens is 364 g/mol. The first-order valence-corrected chi connectivity index (χ1v) is 10.3. The van der Waals surface area contributed by atoms with Gasteiger partial charge in [-0.2, -0.15) is 0 Å².